The number of fused-ring (bicyclic) bond motifs is 3. The van der Waals surface area contributed by atoms with Gasteiger partial charge >= 0.3 is 11.9 Å². The minimum atomic E-state index is -0.792. The van der Waals surface area contributed by atoms with Crippen molar-refractivity contribution >= 4 is 34.5 Å². The molecule has 2 N–H and O–H groups in total. The zero-order valence-electron chi connectivity index (χ0n) is 21.3. The average Bonchev–Trinajstić information content (AvgIpc) is 3.19. The van der Waals surface area contributed by atoms with E-state index in [4.69, 9.17) is 24.7 Å². The van der Waals surface area contributed by atoms with E-state index in [0.29, 0.717) is 22.9 Å². The molecule has 9 heteroatoms. The molecule has 0 aliphatic carbocycles. The van der Waals surface area contributed by atoms with Crippen LogP contribution >= 0.6 is 0 Å². The van der Waals surface area contributed by atoms with Gasteiger partial charge in [0.1, 0.15) is 6.04 Å². The Hall–Kier alpha value is -4.37. The quantitative estimate of drug-likeness (QED) is 0.212. The van der Waals surface area contributed by atoms with E-state index in [9.17, 15) is 14.4 Å². The lowest BCUT2D eigenvalue weighted by Crippen LogP contribution is -2.30. The summed E-state index contributed by atoms with van der Waals surface area (Å²) in [5.74, 6) is 0.309. The van der Waals surface area contributed by atoms with Gasteiger partial charge in [0.15, 0.2) is 29.3 Å². The molecule has 0 saturated carbocycles. The number of aromatic nitrogens is 1. The smallest absolute Gasteiger partial charge is 0.328 e. The van der Waals surface area contributed by atoms with E-state index in [2.05, 4.69) is 0 Å². The number of ether oxygens (including phenoxy) is 4. The molecule has 0 radical (unpaired) electrons. The summed E-state index contributed by atoms with van der Waals surface area (Å²) in [5, 5.41) is 1.58. The molecule has 0 spiro atoms. The maximum Gasteiger partial charge on any atom is 0.328 e. The number of nitrogens with two attached hydrogens (primary N) is 1. The van der Waals surface area contributed by atoms with Crippen LogP contribution in [0.25, 0.3) is 27.4 Å². The van der Waals surface area contributed by atoms with E-state index in [0.717, 1.165) is 39.3 Å². The zero-order valence-corrected chi connectivity index (χ0v) is 21.3. The Bertz CT molecular complexity index is 1540. The molecule has 37 heavy (non-hydrogen) atoms. The van der Waals surface area contributed by atoms with Crippen LogP contribution in [-0.2, 0) is 9.59 Å². The second kappa shape index (κ2) is 10.3. The van der Waals surface area contributed by atoms with E-state index in [1.165, 1.54) is 21.1 Å². The number of carbonyl (C=O) groups excluding carboxylic acids is 3. The Morgan fingerprint density at radius 1 is 1.00 bits per heavy atom. The number of benzene rings is 2. The minimum absolute atomic E-state index is 0.225. The lowest BCUT2D eigenvalue weighted by molar-refractivity contribution is -0.135. The van der Waals surface area contributed by atoms with Crippen LogP contribution in [0.1, 0.15) is 36.3 Å². The van der Waals surface area contributed by atoms with Crippen molar-refractivity contribution in [3.05, 3.63) is 53.9 Å². The summed E-state index contributed by atoms with van der Waals surface area (Å²) >= 11 is 0. The topological polar surface area (TPSA) is 119 Å². The Labute approximate surface area is 213 Å². The lowest BCUT2D eigenvalue weighted by atomic mass is 9.99. The van der Waals surface area contributed by atoms with Gasteiger partial charge in [0.25, 0.3) is 0 Å². The van der Waals surface area contributed by atoms with Crippen LogP contribution in [0, 0.1) is 6.92 Å². The molecule has 0 aliphatic rings. The Morgan fingerprint density at radius 3 is 2.32 bits per heavy atom. The molecule has 2 aromatic carbocycles. The lowest BCUT2D eigenvalue weighted by Gasteiger charge is -2.14. The maximum absolute atomic E-state index is 12.1. The summed E-state index contributed by atoms with van der Waals surface area (Å²) in [6.07, 6.45) is 2.83. The maximum atomic E-state index is 12.1. The fourth-order valence-electron chi connectivity index (χ4n) is 4.26. The van der Waals surface area contributed by atoms with E-state index < -0.39 is 12.0 Å². The van der Waals surface area contributed by atoms with Gasteiger partial charge in [-0.05, 0) is 60.7 Å². The van der Waals surface area contributed by atoms with Gasteiger partial charge in [0.2, 0.25) is 0 Å². The number of carbonyl (C=O) groups is 3. The monoisotopic (exact) mass is 504 g/mol. The molecule has 0 amide bonds. The van der Waals surface area contributed by atoms with Gasteiger partial charge in [-0.25, -0.2) is 4.79 Å². The fourth-order valence-corrected chi connectivity index (χ4v) is 4.26. The highest BCUT2D eigenvalue weighted by atomic mass is 16.6. The van der Waals surface area contributed by atoms with Crippen molar-refractivity contribution in [2.75, 3.05) is 14.2 Å². The second-order valence-corrected chi connectivity index (χ2v) is 8.53. The van der Waals surface area contributed by atoms with Crippen molar-refractivity contribution in [2.24, 2.45) is 5.73 Å². The molecule has 192 valence electrons. The summed E-state index contributed by atoms with van der Waals surface area (Å²) in [7, 11) is 2.97. The number of pyridine rings is 1. The standard InChI is InChI=1S/C28H28N2O7/c1-6-25(32)36-24-11-17-9-10-30-20(14-31)15(2)26(27(30)19(17)13-23(24)35-5)18-7-8-21(22(12-18)34-4)37-28(33)16(3)29/h7-14,16H,6,29H2,1-5H3. The van der Waals surface area contributed by atoms with Crippen LogP contribution < -0.4 is 24.7 Å². The molecule has 0 aliphatic heterocycles. The van der Waals surface area contributed by atoms with Gasteiger partial charge < -0.3 is 29.1 Å². The predicted molar refractivity (Wildman–Crippen MR) is 139 cm³/mol. The van der Waals surface area contributed by atoms with E-state index in [1.54, 1.807) is 43.5 Å². The first kappa shape index (κ1) is 25.7. The third-order valence-electron chi connectivity index (χ3n) is 6.15. The molecule has 9 nitrogen and oxygen atoms in total. The van der Waals surface area contributed by atoms with Crippen LogP contribution in [-0.4, -0.2) is 42.9 Å². The number of methoxy groups -OCH3 is 2. The van der Waals surface area contributed by atoms with Gasteiger partial charge in [-0.15, -0.1) is 0 Å². The largest absolute Gasteiger partial charge is 0.493 e. The highest BCUT2D eigenvalue weighted by Crippen LogP contribution is 2.42. The van der Waals surface area contributed by atoms with Crippen LogP contribution in [0.2, 0.25) is 0 Å². The third-order valence-corrected chi connectivity index (χ3v) is 6.15. The molecule has 1 unspecified atom stereocenters. The van der Waals surface area contributed by atoms with Gasteiger partial charge in [0, 0.05) is 23.6 Å². The average molecular weight is 505 g/mol. The highest BCUT2D eigenvalue weighted by molar-refractivity contribution is 6.08. The molecule has 4 aromatic rings. The molecular weight excluding hydrogens is 476 g/mol. The van der Waals surface area contributed by atoms with Gasteiger partial charge in [-0.3, -0.25) is 9.59 Å². The summed E-state index contributed by atoms with van der Waals surface area (Å²) in [5.41, 5.74) is 9.16. The number of esters is 2. The molecule has 2 aromatic heterocycles. The molecule has 0 fully saturated rings. The van der Waals surface area contributed by atoms with Crippen molar-refractivity contribution in [2.45, 2.75) is 33.2 Å². The van der Waals surface area contributed by atoms with Gasteiger partial charge in [0.05, 0.1) is 25.4 Å². The van der Waals surface area contributed by atoms with Crippen molar-refractivity contribution in [3.63, 3.8) is 0 Å². The number of aldehydes is 1. The van der Waals surface area contributed by atoms with E-state index in [1.807, 2.05) is 17.4 Å². The zero-order chi connectivity index (χ0) is 26.9. The molecular formula is C28H28N2O7. The Morgan fingerprint density at radius 2 is 1.70 bits per heavy atom. The summed E-state index contributed by atoms with van der Waals surface area (Å²) in [6, 6.07) is 9.75. The SMILES string of the molecule is CCC(=O)Oc1cc2ccn3c(C=O)c(C)c(-c4ccc(OC(=O)C(C)N)c(OC)c4)c3c2cc1OC. The summed E-state index contributed by atoms with van der Waals surface area (Å²) in [6.45, 7) is 5.12. The highest BCUT2D eigenvalue weighted by Gasteiger charge is 2.22. The van der Waals surface area contributed by atoms with E-state index in [-0.39, 0.29) is 18.1 Å². The molecule has 2 heterocycles. The first-order valence-electron chi connectivity index (χ1n) is 11.7. The van der Waals surface area contributed by atoms with Crippen LogP contribution in [0.4, 0.5) is 0 Å². The van der Waals surface area contributed by atoms with Crippen molar-refractivity contribution in [1.29, 1.82) is 0 Å². The van der Waals surface area contributed by atoms with Crippen LogP contribution in [0.5, 0.6) is 23.0 Å². The van der Waals surface area contributed by atoms with Gasteiger partial charge in [-0.2, -0.15) is 0 Å². The first-order chi connectivity index (χ1) is 17.7. The van der Waals surface area contributed by atoms with Crippen molar-refractivity contribution < 1.29 is 33.3 Å². The summed E-state index contributed by atoms with van der Waals surface area (Å²) < 4.78 is 23.7. The molecule has 4 rings (SSSR count). The number of hydrogen-bond acceptors (Lipinski definition) is 8. The fraction of sp³-hybridized carbons (Fsp3) is 0.250. The number of hydrogen-bond donors (Lipinski definition) is 1. The second-order valence-electron chi connectivity index (χ2n) is 8.53. The third kappa shape index (κ3) is 4.61. The van der Waals surface area contributed by atoms with Crippen molar-refractivity contribution in [1.82, 2.24) is 4.40 Å². The summed E-state index contributed by atoms with van der Waals surface area (Å²) in [4.78, 5) is 36.1. The number of nitrogens with zero attached hydrogens (tertiary/aromatic N) is 1. The van der Waals surface area contributed by atoms with Gasteiger partial charge in [-0.1, -0.05) is 13.0 Å². The molecule has 0 saturated heterocycles. The normalized spacial score (nSPS) is 11.8. The molecule has 0 bridgehead atoms. The van der Waals surface area contributed by atoms with Crippen LogP contribution in [0.15, 0.2) is 42.6 Å². The van der Waals surface area contributed by atoms with Crippen LogP contribution in [0.3, 0.4) is 0 Å². The first-order valence-corrected chi connectivity index (χ1v) is 11.7. The minimum Gasteiger partial charge on any atom is -0.493 e. The Balaban J connectivity index is 1.98. The number of rotatable bonds is 8. The van der Waals surface area contributed by atoms with Crippen molar-refractivity contribution in [3.8, 4) is 34.1 Å². The predicted octanol–water partition coefficient (Wildman–Crippen LogP) is 4.47. The van der Waals surface area contributed by atoms with E-state index >= 15 is 0 Å². The molecule has 1 atom stereocenters. The Kier molecular flexibility index (Phi) is 7.17.